The van der Waals surface area contributed by atoms with Crippen molar-refractivity contribution in [2.24, 2.45) is 0 Å². The number of aromatic nitrogens is 1. The Balaban J connectivity index is 2.21. The number of rotatable bonds is 3. The van der Waals surface area contributed by atoms with Crippen molar-refractivity contribution < 1.29 is 14.6 Å². The van der Waals surface area contributed by atoms with E-state index >= 15 is 0 Å². The van der Waals surface area contributed by atoms with Crippen LogP contribution >= 0.6 is 0 Å². The van der Waals surface area contributed by atoms with Crippen LogP contribution in [0.25, 0.3) is 10.9 Å². The second kappa shape index (κ2) is 5.68. The maximum absolute atomic E-state index is 9.87. The summed E-state index contributed by atoms with van der Waals surface area (Å²) in [6.07, 6.45) is 1.88. The third-order valence-corrected chi connectivity index (χ3v) is 3.71. The molecule has 1 unspecified atom stereocenters. The monoisotopic (exact) mass is 278 g/mol. The summed E-state index contributed by atoms with van der Waals surface area (Å²) >= 11 is 0. The van der Waals surface area contributed by atoms with Crippen molar-refractivity contribution in [1.29, 1.82) is 0 Å². The third kappa shape index (κ3) is 2.68. The molecule has 2 N–H and O–H groups in total. The predicted octanol–water partition coefficient (Wildman–Crippen LogP) is 2.04. The zero-order valence-electron chi connectivity index (χ0n) is 11.8. The first-order valence-electron chi connectivity index (χ1n) is 6.98. The smallest absolute Gasteiger partial charge is 0.422 e. The number of fused-ring (bicyclic) bond motifs is 1. The van der Waals surface area contributed by atoms with E-state index in [2.05, 4.69) is 6.07 Å². The Morgan fingerprint density at radius 1 is 0.952 bits per heavy atom. The highest BCUT2D eigenvalue weighted by Gasteiger charge is 2.35. The van der Waals surface area contributed by atoms with Crippen molar-refractivity contribution in [3.8, 4) is 0 Å². The highest BCUT2D eigenvalue weighted by atomic mass is 16.4. The molecule has 1 aromatic heterocycles. The number of hydrogen-bond acceptors (Lipinski definition) is 2. The van der Waals surface area contributed by atoms with Crippen LogP contribution in [0.2, 0.25) is 0 Å². The Morgan fingerprint density at radius 3 is 2.43 bits per heavy atom. The molecule has 0 saturated carbocycles. The molecule has 21 heavy (non-hydrogen) atoms. The topological polar surface area (TPSA) is 44.3 Å². The number of pyridine rings is 1. The maximum atomic E-state index is 9.87. The number of aryl methyl sites for hydroxylation is 1. The van der Waals surface area contributed by atoms with Crippen LogP contribution in [0.3, 0.4) is 0 Å². The van der Waals surface area contributed by atoms with E-state index in [1.807, 2.05) is 72.3 Å². The zero-order chi connectivity index (χ0) is 14.8. The van der Waals surface area contributed by atoms with E-state index in [1.165, 1.54) is 5.56 Å². The van der Waals surface area contributed by atoms with Crippen LogP contribution in [0, 0.1) is 6.92 Å². The number of nitrogens with zero attached hydrogens (tertiary/aromatic N) is 1. The van der Waals surface area contributed by atoms with E-state index in [0.29, 0.717) is 0 Å². The lowest BCUT2D eigenvalue weighted by molar-refractivity contribution is -0.672. The van der Waals surface area contributed by atoms with E-state index in [-0.39, 0.29) is 0 Å². The van der Waals surface area contributed by atoms with Crippen molar-refractivity contribution in [2.75, 3.05) is 0 Å². The Hall–Kier alpha value is -2.17. The van der Waals surface area contributed by atoms with Gasteiger partial charge in [-0.2, -0.15) is 4.57 Å². The van der Waals surface area contributed by atoms with E-state index in [1.54, 1.807) is 0 Å². The van der Waals surface area contributed by atoms with Gasteiger partial charge in [0.05, 0.1) is 0 Å². The molecule has 0 aliphatic carbocycles. The first-order chi connectivity index (χ1) is 10.2. The van der Waals surface area contributed by atoms with Crippen LogP contribution in [-0.4, -0.2) is 17.2 Å². The van der Waals surface area contributed by atoms with Gasteiger partial charge in [-0.1, -0.05) is 42.0 Å². The predicted molar refractivity (Wildman–Crippen MR) is 83.7 cm³/mol. The van der Waals surface area contributed by atoms with Gasteiger partial charge >= 0.3 is 7.12 Å². The first kappa shape index (κ1) is 13.8. The van der Waals surface area contributed by atoms with Gasteiger partial charge in [0.1, 0.15) is 0 Å². The summed E-state index contributed by atoms with van der Waals surface area (Å²) in [6.45, 7) is 2.05. The van der Waals surface area contributed by atoms with E-state index in [0.717, 1.165) is 16.5 Å². The highest BCUT2D eigenvalue weighted by molar-refractivity contribution is 6.42. The average Bonchev–Trinajstić information content (AvgIpc) is 2.48. The molecule has 0 fully saturated rings. The van der Waals surface area contributed by atoms with Gasteiger partial charge < -0.3 is 10.0 Å². The largest absolute Gasteiger partial charge is 0.533 e. The molecule has 3 rings (SSSR count). The lowest BCUT2D eigenvalue weighted by Gasteiger charge is -2.13. The fourth-order valence-corrected chi connectivity index (χ4v) is 2.73. The molecule has 0 bridgehead atoms. The van der Waals surface area contributed by atoms with Gasteiger partial charge in [0, 0.05) is 23.1 Å². The second-order valence-corrected chi connectivity index (χ2v) is 5.25. The van der Waals surface area contributed by atoms with Crippen molar-refractivity contribution >= 4 is 18.0 Å². The first-order valence-corrected chi connectivity index (χ1v) is 6.98. The molecule has 1 atom stereocenters. The molecule has 1 heterocycles. The Labute approximate surface area is 124 Å². The minimum Gasteiger partial charge on any atom is -0.422 e. The normalized spacial score (nSPS) is 12.3. The van der Waals surface area contributed by atoms with Crippen molar-refractivity contribution in [1.82, 2.24) is 0 Å². The minimum atomic E-state index is -1.47. The van der Waals surface area contributed by atoms with Crippen molar-refractivity contribution in [3.63, 3.8) is 0 Å². The molecule has 0 radical (unpaired) electrons. The molecule has 0 aliphatic heterocycles. The highest BCUT2D eigenvalue weighted by Crippen LogP contribution is 2.18. The summed E-state index contributed by atoms with van der Waals surface area (Å²) in [5, 5.41) is 20.8. The van der Waals surface area contributed by atoms with Gasteiger partial charge in [0.15, 0.2) is 6.20 Å². The van der Waals surface area contributed by atoms with Gasteiger partial charge in [0.25, 0.3) is 0 Å². The molecule has 2 aromatic carbocycles. The molecule has 3 aromatic rings. The number of benzene rings is 2. The maximum Gasteiger partial charge on any atom is 0.533 e. The van der Waals surface area contributed by atoms with E-state index < -0.39 is 13.1 Å². The van der Waals surface area contributed by atoms with Crippen molar-refractivity contribution in [2.45, 2.75) is 12.9 Å². The molecule has 3 nitrogen and oxygen atoms in total. The van der Waals surface area contributed by atoms with Crippen LogP contribution < -0.4 is 4.57 Å². The van der Waals surface area contributed by atoms with Crippen LogP contribution in [0.15, 0.2) is 66.9 Å². The fraction of sp³-hybridized carbons (Fsp3) is 0.118. The lowest BCUT2D eigenvalue weighted by atomic mass is 9.74. The van der Waals surface area contributed by atoms with Crippen LogP contribution in [0.1, 0.15) is 17.1 Å². The summed E-state index contributed by atoms with van der Waals surface area (Å²) < 4.78 is 1.91. The quantitative estimate of drug-likeness (QED) is 0.569. The van der Waals surface area contributed by atoms with Gasteiger partial charge in [-0.25, -0.2) is 0 Å². The van der Waals surface area contributed by atoms with Gasteiger partial charge in [0.2, 0.25) is 11.5 Å². The summed E-state index contributed by atoms with van der Waals surface area (Å²) in [5.41, 5.74) is 3.02. The van der Waals surface area contributed by atoms with Gasteiger partial charge in [-0.15, -0.1) is 0 Å². The van der Waals surface area contributed by atoms with Gasteiger partial charge in [-0.3, -0.25) is 0 Å². The molecular formula is C17H17BNO2+. The summed E-state index contributed by atoms with van der Waals surface area (Å²) in [6, 6.07) is 19.6. The fourth-order valence-electron chi connectivity index (χ4n) is 2.73. The molecule has 0 spiro atoms. The Morgan fingerprint density at radius 2 is 1.71 bits per heavy atom. The Bertz CT molecular complexity index is 759. The van der Waals surface area contributed by atoms with E-state index in [4.69, 9.17) is 0 Å². The second-order valence-electron chi connectivity index (χ2n) is 5.25. The van der Waals surface area contributed by atoms with Gasteiger partial charge in [-0.05, 0) is 19.1 Å². The van der Waals surface area contributed by atoms with Crippen molar-refractivity contribution in [3.05, 3.63) is 78.0 Å². The molecule has 0 saturated heterocycles. The number of hydrogen-bond donors (Lipinski definition) is 2. The summed E-state index contributed by atoms with van der Waals surface area (Å²) in [4.78, 5) is 0. The molecular weight excluding hydrogens is 261 g/mol. The van der Waals surface area contributed by atoms with Crippen LogP contribution in [0.5, 0.6) is 0 Å². The van der Waals surface area contributed by atoms with E-state index in [9.17, 15) is 10.0 Å². The molecule has 0 amide bonds. The molecule has 0 aliphatic rings. The van der Waals surface area contributed by atoms with Crippen LogP contribution in [-0.2, 0) is 0 Å². The minimum absolute atomic E-state index is 0.530. The average molecular weight is 278 g/mol. The Kier molecular flexibility index (Phi) is 3.73. The standard InChI is InChI=1S/C17H17BNO2/c1-13-9-10-16-15(12-13)8-5-11-19(16)17(18(20)21)14-6-3-2-4-7-14/h2-12,17,20-21H,1H3/q+1. The lowest BCUT2D eigenvalue weighted by Crippen LogP contribution is -2.49. The SMILES string of the molecule is Cc1ccc2c(ccc[n+]2C(B(O)O)c2ccccc2)c1. The zero-order valence-corrected chi connectivity index (χ0v) is 11.8. The molecule has 104 valence electrons. The summed E-state index contributed by atoms with van der Waals surface area (Å²) in [5.74, 6) is -0.530. The van der Waals surface area contributed by atoms with Crippen LogP contribution in [0.4, 0.5) is 0 Å². The summed E-state index contributed by atoms with van der Waals surface area (Å²) in [7, 11) is -1.47. The third-order valence-electron chi connectivity index (χ3n) is 3.71. The molecule has 4 heteroatoms.